The first-order valence-corrected chi connectivity index (χ1v) is 0. The Morgan fingerprint density at radius 2 is 0.750 bits per heavy atom. The van der Waals surface area contributed by atoms with Crippen LogP contribution in [-0.4, -0.2) is 0 Å². The summed E-state index contributed by atoms with van der Waals surface area (Å²) in [5.41, 5.74) is 0. The molecule has 0 aliphatic carbocycles. The zero-order valence-electron chi connectivity index (χ0n) is 1.87. The Kier molecular flexibility index (Phi) is 220. The van der Waals surface area contributed by atoms with Gasteiger partial charge in [0.05, 0.1) is 0 Å². The molecule has 0 aromatic carbocycles. The minimum Gasteiger partial charge on any atom is -1.00 e. The molecule has 0 saturated heterocycles. The third-order valence-corrected chi connectivity index (χ3v) is 0. The second-order valence-corrected chi connectivity index (χ2v) is 0. The van der Waals surface area contributed by atoms with E-state index in [1.54, 1.807) is 0 Å². The van der Waals surface area contributed by atoms with Crippen LogP contribution in [0.1, 0.15) is 0 Å². The topological polar surface area (TPSA) is 0 Å². The van der Waals surface area contributed by atoms with Crippen molar-refractivity contribution in [1.29, 1.82) is 0 Å². The summed E-state index contributed by atoms with van der Waals surface area (Å²) >= 11 is 0. The molecule has 0 rings (SSSR count). The van der Waals surface area contributed by atoms with Gasteiger partial charge in [0.25, 0.3) is 0 Å². The Morgan fingerprint density at radius 3 is 0.750 bits per heavy atom. The Balaban J connectivity index is 0. The van der Waals surface area contributed by atoms with Gasteiger partial charge >= 0.3 is 27.7 Å². The standard InChI is InChI=1S/3ClH.Hg/h3*1H;/q;;;+2/p-2. The van der Waals surface area contributed by atoms with Crippen LogP contribution in [0.15, 0.2) is 0 Å². The Labute approximate surface area is 64.5 Å². The SMILES string of the molecule is Cl.[Cl-].[Cl-].[Hg+2]. The van der Waals surface area contributed by atoms with Crippen molar-refractivity contribution in [3.63, 3.8) is 0 Å². The average Bonchev–Trinajstić information content (AvgIpc) is 0. The van der Waals surface area contributed by atoms with E-state index in [0.29, 0.717) is 0 Å². The molecule has 0 heterocycles. The van der Waals surface area contributed by atoms with Crippen LogP contribution in [0, 0.1) is 0 Å². The van der Waals surface area contributed by atoms with E-state index in [1.807, 2.05) is 0 Å². The summed E-state index contributed by atoms with van der Waals surface area (Å²) in [6.45, 7) is 0. The van der Waals surface area contributed by atoms with Crippen molar-refractivity contribution < 1.29 is 52.5 Å². The van der Waals surface area contributed by atoms with Crippen LogP contribution >= 0.6 is 12.4 Å². The third-order valence-electron chi connectivity index (χ3n) is 0. The predicted molar refractivity (Wildman–Crippen MR) is 7.25 cm³/mol. The molecule has 0 spiro atoms. The van der Waals surface area contributed by atoms with Gasteiger partial charge in [-0.05, 0) is 0 Å². The minimum atomic E-state index is 0. The van der Waals surface area contributed by atoms with Crippen LogP contribution in [0.5, 0.6) is 0 Å². The van der Waals surface area contributed by atoms with Gasteiger partial charge in [0, 0.05) is 0 Å². The molecule has 0 aliphatic rings. The molecular weight excluding hydrogens is 307 g/mol. The first-order valence-electron chi connectivity index (χ1n) is 0. The fraction of sp³-hybridized carbons (Fsp3) is 0. The van der Waals surface area contributed by atoms with E-state index < -0.39 is 0 Å². The van der Waals surface area contributed by atoms with E-state index >= 15 is 0 Å². The number of hydrogen-bond acceptors (Lipinski definition) is 0. The second kappa shape index (κ2) is 21.4. The van der Waals surface area contributed by atoms with Crippen LogP contribution in [0.4, 0.5) is 0 Å². The summed E-state index contributed by atoms with van der Waals surface area (Å²) in [7, 11) is 0. The molecule has 0 radical (unpaired) electrons. The van der Waals surface area contributed by atoms with E-state index in [1.165, 1.54) is 0 Å². The van der Waals surface area contributed by atoms with Crippen molar-refractivity contribution in [2.45, 2.75) is 0 Å². The number of halogens is 3. The zero-order chi connectivity index (χ0) is 0. The average molecular weight is 308 g/mol. The largest absolute Gasteiger partial charge is 2.00 e. The van der Waals surface area contributed by atoms with Gasteiger partial charge in [-0.15, -0.1) is 12.4 Å². The van der Waals surface area contributed by atoms with Crippen molar-refractivity contribution in [1.82, 2.24) is 0 Å². The van der Waals surface area contributed by atoms with Gasteiger partial charge in [-0.2, -0.15) is 0 Å². The van der Waals surface area contributed by atoms with Gasteiger partial charge in [0.2, 0.25) is 0 Å². The zero-order valence-corrected chi connectivity index (χ0v) is 9.70. The molecule has 24 valence electrons. The first-order chi connectivity index (χ1) is 0. The van der Waals surface area contributed by atoms with E-state index in [0.717, 1.165) is 0 Å². The van der Waals surface area contributed by atoms with E-state index in [2.05, 4.69) is 0 Å². The molecule has 0 aliphatic heterocycles. The molecule has 4 heteroatoms. The summed E-state index contributed by atoms with van der Waals surface area (Å²) in [6.07, 6.45) is 0. The van der Waals surface area contributed by atoms with Gasteiger partial charge in [-0.1, -0.05) is 0 Å². The van der Waals surface area contributed by atoms with Gasteiger partial charge in [0.1, 0.15) is 0 Å². The molecule has 0 unspecified atom stereocenters. The fourth-order valence-corrected chi connectivity index (χ4v) is 0. The van der Waals surface area contributed by atoms with Crippen LogP contribution in [-0.2, 0) is 27.7 Å². The summed E-state index contributed by atoms with van der Waals surface area (Å²) in [4.78, 5) is 0. The molecule has 0 amide bonds. The number of rotatable bonds is 0. The van der Waals surface area contributed by atoms with Crippen LogP contribution in [0.25, 0.3) is 0 Å². The Bertz CT molecular complexity index is 3.25. The molecule has 0 fully saturated rings. The summed E-state index contributed by atoms with van der Waals surface area (Å²) in [6, 6.07) is 0. The van der Waals surface area contributed by atoms with Crippen molar-refractivity contribution in [3.05, 3.63) is 0 Å². The molecule has 0 aromatic rings. The number of hydrogen-bond donors (Lipinski definition) is 0. The minimum absolute atomic E-state index is 0. The Morgan fingerprint density at radius 1 is 0.750 bits per heavy atom. The normalized spacial score (nSPS) is 0. The molecule has 0 nitrogen and oxygen atoms in total. The van der Waals surface area contributed by atoms with Crippen LogP contribution < -0.4 is 24.8 Å². The van der Waals surface area contributed by atoms with Crippen molar-refractivity contribution in [2.75, 3.05) is 0 Å². The van der Waals surface area contributed by atoms with E-state index in [9.17, 15) is 0 Å². The smallest absolute Gasteiger partial charge is 1.00 e. The quantitative estimate of drug-likeness (QED) is 0.392. The summed E-state index contributed by atoms with van der Waals surface area (Å²) in [5, 5.41) is 0. The van der Waals surface area contributed by atoms with Gasteiger partial charge in [-0.25, -0.2) is 0 Å². The molecule has 0 bridgehead atoms. The van der Waals surface area contributed by atoms with Gasteiger partial charge < -0.3 is 24.8 Å². The van der Waals surface area contributed by atoms with E-state index in [4.69, 9.17) is 0 Å². The maximum Gasteiger partial charge on any atom is 2.00 e. The molecule has 4 heavy (non-hydrogen) atoms. The monoisotopic (exact) mass is 308 g/mol. The maximum atomic E-state index is 0. The van der Waals surface area contributed by atoms with Crippen LogP contribution in [0.3, 0.4) is 0 Å². The maximum absolute atomic E-state index is 0. The van der Waals surface area contributed by atoms with E-state index in [-0.39, 0.29) is 64.9 Å². The second-order valence-electron chi connectivity index (χ2n) is 0. The summed E-state index contributed by atoms with van der Waals surface area (Å²) in [5.74, 6) is 0. The molecule has 0 N–H and O–H groups in total. The predicted octanol–water partition coefficient (Wildman–Crippen LogP) is -5.57. The van der Waals surface area contributed by atoms with Crippen molar-refractivity contribution >= 4 is 12.4 Å². The van der Waals surface area contributed by atoms with Gasteiger partial charge in [0.15, 0.2) is 0 Å². The van der Waals surface area contributed by atoms with Crippen molar-refractivity contribution in [3.8, 4) is 0 Å². The fourth-order valence-electron chi connectivity index (χ4n) is 0. The van der Waals surface area contributed by atoms with Gasteiger partial charge in [-0.3, -0.25) is 0 Å². The first kappa shape index (κ1) is 41.1. The van der Waals surface area contributed by atoms with Crippen LogP contribution in [0.2, 0.25) is 0 Å². The molecule has 0 aromatic heterocycles. The Hall–Kier alpha value is 1.81. The summed E-state index contributed by atoms with van der Waals surface area (Å²) < 4.78 is 0. The van der Waals surface area contributed by atoms with Crippen molar-refractivity contribution in [2.24, 2.45) is 0 Å². The molecular formula is HCl3Hg. The third kappa shape index (κ3) is 9.19. The molecule has 0 atom stereocenters. The molecule has 0 saturated carbocycles.